The zero-order valence-electron chi connectivity index (χ0n) is 11.1. The summed E-state index contributed by atoms with van der Waals surface area (Å²) in [6.45, 7) is 2.78. The van der Waals surface area contributed by atoms with Crippen LogP contribution in [0.2, 0.25) is 0 Å². The zero-order valence-corrected chi connectivity index (χ0v) is 11.1. The van der Waals surface area contributed by atoms with Crippen LogP contribution < -0.4 is 10.6 Å². The molecule has 1 amide bonds. The molecule has 0 radical (unpaired) electrons. The highest BCUT2D eigenvalue weighted by Gasteiger charge is 2.13. The molecule has 0 aromatic heterocycles. The fourth-order valence-electron chi connectivity index (χ4n) is 1.82. The highest BCUT2D eigenvalue weighted by Crippen LogP contribution is 2.18. The van der Waals surface area contributed by atoms with Crippen molar-refractivity contribution in [3.8, 4) is 0 Å². The number of amides is 1. The maximum Gasteiger partial charge on any atom is 0.253 e. The van der Waals surface area contributed by atoms with Gasteiger partial charge in [-0.1, -0.05) is 32.3 Å². The minimum Gasteiger partial charge on any atom is -0.385 e. The minimum atomic E-state index is -0.406. The van der Waals surface area contributed by atoms with Gasteiger partial charge in [0.25, 0.3) is 5.91 Å². The molecule has 0 aliphatic carbocycles. The molecule has 3 nitrogen and oxygen atoms in total. The van der Waals surface area contributed by atoms with Gasteiger partial charge in [0.1, 0.15) is 5.82 Å². The van der Waals surface area contributed by atoms with Crippen LogP contribution in [0.3, 0.4) is 0 Å². The van der Waals surface area contributed by atoms with Crippen LogP contribution in [0, 0.1) is 5.82 Å². The molecule has 0 saturated carbocycles. The molecule has 18 heavy (non-hydrogen) atoms. The second-order valence-corrected chi connectivity index (χ2v) is 4.23. The lowest BCUT2D eigenvalue weighted by molar-refractivity contribution is 0.0953. The summed E-state index contributed by atoms with van der Waals surface area (Å²) in [5.41, 5.74) is 0.608. The first-order chi connectivity index (χ1) is 8.70. The summed E-state index contributed by atoms with van der Waals surface area (Å²) in [5.74, 6) is -0.633. The van der Waals surface area contributed by atoms with Crippen LogP contribution in [0.5, 0.6) is 0 Å². The smallest absolute Gasteiger partial charge is 0.253 e. The number of hydrogen-bond donors (Lipinski definition) is 2. The number of benzene rings is 1. The molecule has 1 aromatic rings. The second-order valence-electron chi connectivity index (χ2n) is 4.23. The van der Waals surface area contributed by atoms with Crippen LogP contribution in [0.15, 0.2) is 18.2 Å². The van der Waals surface area contributed by atoms with Crippen molar-refractivity contribution in [2.75, 3.05) is 18.9 Å². The molecule has 100 valence electrons. The Morgan fingerprint density at radius 3 is 2.72 bits per heavy atom. The van der Waals surface area contributed by atoms with Crippen molar-refractivity contribution in [3.05, 3.63) is 29.6 Å². The molecular formula is C14H21FN2O. The lowest BCUT2D eigenvalue weighted by Gasteiger charge is -2.10. The molecule has 2 N–H and O–H groups in total. The number of halogens is 1. The maximum atomic E-state index is 13.5. The van der Waals surface area contributed by atoms with Crippen molar-refractivity contribution >= 4 is 11.6 Å². The van der Waals surface area contributed by atoms with Gasteiger partial charge in [-0.3, -0.25) is 4.79 Å². The first-order valence-electron chi connectivity index (χ1n) is 6.45. The van der Waals surface area contributed by atoms with E-state index in [0.717, 1.165) is 12.8 Å². The van der Waals surface area contributed by atoms with E-state index in [2.05, 4.69) is 17.6 Å². The number of nitrogens with one attached hydrogen (secondary N) is 2. The van der Waals surface area contributed by atoms with Gasteiger partial charge in [0.15, 0.2) is 0 Å². The molecule has 0 bridgehead atoms. The zero-order chi connectivity index (χ0) is 13.4. The number of hydrogen-bond acceptors (Lipinski definition) is 2. The third kappa shape index (κ3) is 4.02. The Labute approximate surface area is 108 Å². The second kappa shape index (κ2) is 7.69. The Balaban J connectivity index is 2.54. The molecule has 0 unspecified atom stereocenters. The Hall–Kier alpha value is -1.58. The van der Waals surface area contributed by atoms with Crippen molar-refractivity contribution in [2.45, 2.75) is 32.6 Å². The quantitative estimate of drug-likeness (QED) is 0.732. The van der Waals surface area contributed by atoms with E-state index in [9.17, 15) is 9.18 Å². The number of carbonyl (C=O) groups is 1. The van der Waals surface area contributed by atoms with E-state index in [-0.39, 0.29) is 11.6 Å². The highest BCUT2D eigenvalue weighted by molar-refractivity contribution is 5.99. The number of para-hydroxylation sites is 1. The lowest BCUT2D eigenvalue weighted by atomic mass is 10.1. The predicted octanol–water partition coefficient (Wildman–Crippen LogP) is 3.18. The van der Waals surface area contributed by atoms with Crippen molar-refractivity contribution in [2.24, 2.45) is 0 Å². The van der Waals surface area contributed by atoms with E-state index in [1.54, 1.807) is 19.2 Å². The number of carbonyl (C=O) groups excluding carboxylic acids is 1. The Morgan fingerprint density at radius 1 is 1.28 bits per heavy atom. The van der Waals surface area contributed by atoms with Gasteiger partial charge in [-0.05, 0) is 18.6 Å². The fourth-order valence-corrected chi connectivity index (χ4v) is 1.82. The first kappa shape index (κ1) is 14.5. The van der Waals surface area contributed by atoms with Crippen LogP contribution in [0.25, 0.3) is 0 Å². The molecule has 1 rings (SSSR count). The minimum absolute atomic E-state index is 0.227. The van der Waals surface area contributed by atoms with Gasteiger partial charge in [-0.25, -0.2) is 4.39 Å². The van der Waals surface area contributed by atoms with Gasteiger partial charge in [-0.2, -0.15) is 0 Å². The average molecular weight is 252 g/mol. The predicted molar refractivity (Wildman–Crippen MR) is 72.4 cm³/mol. The number of unbranched alkanes of at least 4 members (excludes halogenated alkanes) is 3. The standard InChI is InChI=1S/C14H21FN2O/c1-3-4-5-6-10-17-14(18)11-8-7-9-12(15)13(11)16-2/h7-9,16H,3-6,10H2,1-2H3,(H,17,18). The van der Waals surface area contributed by atoms with E-state index in [1.165, 1.54) is 18.9 Å². The van der Waals surface area contributed by atoms with Crippen LogP contribution in [-0.2, 0) is 0 Å². The fraction of sp³-hybridized carbons (Fsp3) is 0.500. The van der Waals surface area contributed by atoms with Crippen LogP contribution in [0.1, 0.15) is 43.0 Å². The molecule has 1 aromatic carbocycles. The summed E-state index contributed by atoms with van der Waals surface area (Å²) in [6, 6.07) is 4.50. The highest BCUT2D eigenvalue weighted by atomic mass is 19.1. The van der Waals surface area contributed by atoms with E-state index < -0.39 is 5.82 Å². The number of anilines is 1. The summed E-state index contributed by atoms with van der Waals surface area (Å²) in [4.78, 5) is 11.9. The normalized spacial score (nSPS) is 10.2. The summed E-state index contributed by atoms with van der Waals surface area (Å²) in [6.07, 6.45) is 4.42. The summed E-state index contributed by atoms with van der Waals surface area (Å²) >= 11 is 0. The van der Waals surface area contributed by atoms with Gasteiger partial charge in [0.05, 0.1) is 11.3 Å². The van der Waals surface area contributed by atoms with Gasteiger partial charge in [0.2, 0.25) is 0 Å². The molecular weight excluding hydrogens is 231 g/mol. The lowest BCUT2D eigenvalue weighted by Crippen LogP contribution is -2.25. The largest absolute Gasteiger partial charge is 0.385 e. The molecule has 0 spiro atoms. The van der Waals surface area contributed by atoms with Gasteiger partial charge in [0, 0.05) is 13.6 Å². The van der Waals surface area contributed by atoms with E-state index in [4.69, 9.17) is 0 Å². The van der Waals surface area contributed by atoms with Crippen molar-refractivity contribution in [1.82, 2.24) is 5.32 Å². The van der Waals surface area contributed by atoms with E-state index in [1.807, 2.05) is 0 Å². The van der Waals surface area contributed by atoms with E-state index in [0.29, 0.717) is 12.1 Å². The van der Waals surface area contributed by atoms with Gasteiger partial charge < -0.3 is 10.6 Å². The summed E-state index contributed by atoms with van der Waals surface area (Å²) in [7, 11) is 1.61. The topological polar surface area (TPSA) is 41.1 Å². The number of rotatable bonds is 7. The molecule has 0 atom stereocenters. The molecule has 0 heterocycles. The SMILES string of the molecule is CCCCCCNC(=O)c1cccc(F)c1NC. The molecule has 0 fully saturated rings. The van der Waals surface area contributed by atoms with Crippen LogP contribution in [0.4, 0.5) is 10.1 Å². The summed E-state index contributed by atoms with van der Waals surface area (Å²) in [5, 5.41) is 5.53. The monoisotopic (exact) mass is 252 g/mol. The van der Waals surface area contributed by atoms with Crippen molar-refractivity contribution < 1.29 is 9.18 Å². The first-order valence-corrected chi connectivity index (χ1v) is 6.45. The van der Waals surface area contributed by atoms with Crippen molar-refractivity contribution in [3.63, 3.8) is 0 Å². The molecule has 4 heteroatoms. The van der Waals surface area contributed by atoms with E-state index >= 15 is 0 Å². The van der Waals surface area contributed by atoms with Crippen molar-refractivity contribution in [1.29, 1.82) is 0 Å². The Kier molecular flexibility index (Phi) is 6.19. The average Bonchev–Trinajstić information content (AvgIpc) is 2.38. The molecule has 0 aliphatic rings. The molecule has 0 saturated heterocycles. The van der Waals surface area contributed by atoms with Crippen LogP contribution >= 0.6 is 0 Å². The Bertz CT molecular complexity index is 393. The summed E-state index contributed by atoms with van der Waals surface area (Å²) < 4.78 is 13.5. The van der Waals surface area contributed by atoms with Gasteiger partial charge in [-0.15, -0.1) is 0 Å². The third-order valence-corrected chi connectivity index (χ3v) is 2.82. The maximum absolute atomic E-state index is 13.5. The third-order valence-electron chi connectivity index (χ3n) is 2.82. The van der Waals surface area contributed by atoms with Crippen LogP contribution in [-0.4, -0.2) is 19.5 Å². The Morgan fingerprint density at radius 2 is 2.06 bits per heavy atom. The van der Waals surface area contributed by atoms with Gasteiger partial charge >= 0.3 is 0 Å². The molecule has 0 aliphatic heterocycles.